The summed E-state index contributed by atoms with van der Waals surface area (Å²) in [4.78, 5) is 27.0. The zero-order valence-corrected chi connectivity index (χ0v) is 17.6. The van der Waals surface area contributed by atoms with Gasteiger partial charge in [0.05, 0.1) is 16.0 Å². The first-order valence-corrected chi connectivity index (χ1v) is 9.91. The molecule has 0 spiro atoms. The molecule has 3 rings (SSSR count). The number of non-ortho nitro benzene ring substituents is 1. The number of hydrogen-bond donors (Lipinski definition) is 1. The molecule has 3 aromatic rings. The van der Waals surface area contributed by atoms with E-state index in [1.165, 1.54) is 12.1 Å². The molecular weight excluding hydrogens is 388 g/mol. The maximum atomic E-state index is 11.7. The van der Waals surface area contributed by atoms with Crippen molar-refractivity contribution in [1.82, 2.24) is 19.6 Å². The lowest BCUT2D eigenvalue weighted by Gasteiger charge is -2.19. The second-order valence-corrected chi connectivity index (χ2v) is 8.12. The lowest BCUT2D eigenvalue weighted by Crippen LogP contribution is -2.23. The van der Waals surface area contributed by atoms with Crippen molar-refractivity contribution in [1.29, 1.82) is 0 Å². The maximum absolute atomic E-state index is 11.7. The summed E-state index contributed by atoms with van der Waals surface area (Å²) in [5, 5.41) is 22.7. The predicted octanol–water partition coefficient (Wildman–Crippen LogP) is 3.81. The van der Waals surface area contributed by atoms with Crippen LogP contribution in [0.3, 0.4) is 0 Å². The number of rotatable bonds is 8. The molecule has 0 unspecified atom stereocenters. The highest BCUT2D eigenvalue weighted by Crippen LogP contribution is 2.25. The Morgan fingerprint density at radius 2 is 2.00 bits per heavy atom. The highest BCUT2D eigenvalue weighted by molar-refractivity contribution is 5.84. The Balaban J connectivity index is 1.65. The number of nitrogens with zero attached hydrogens (tertiary/aromatic N) is 5. The van der Waals surface area contributed by atoms with Gasteiger partial charge in [0.1, 0.15) is 11.4 Å². The van der Waals surface area contributed by atoms with Gasteiger partial charge in [0.15, 0.2) is 5.82 Å². The van der Waals surface area contributed by atoms with Crippen LogP contribution in [0.2, 0.25) is 0 Å². The van der Waals surface area contributed by atoms with Crippen LogP contribution < -0.4 is 5.32 Å². The first-order chi connectivity index (χ1) is 14.2. The summed E-state index contributed by atoms with van der Waals surface area (Å²) >= 11 is 0. The molecule has 0 radical (unpaired) electrons. The predicted molar refractivity (Wildman–Crippen MR) is 112 cm³/mol. The molecule has 0 saturated carbocycles. The number of aryl methyl sites for hydroxylation is 1. The largest absolute Gasteiger partial charge is 0.460 e. The maximum Gasteiger partial charge on any atom is 0.306 e. The molecule has 1 aromatic carbocycles. The highest BCUT2D eigenvalue weighted by Gasteiger charge is 2.17. The lowest BCUT2D eigenvalue weighted by molar-refractivity contribution is -0.384. The van der Waals surface area contributed by atoms with Crippen LogP contribution in [0.1, 0.15) is 52.3 Å². The van der Waals surface area contributed by atoms with Gasteiger partial charge < -0.3 is 10.1 Å². The van der Waals surface area contributed by atoms with Gasteiger partial charge in [-0.05, 0) is 46.6 Å². The van der Waals surface area contributed by atoms with E-state index in [0.717, 1.165) is 19.3 Å². The van der Waals surface area contributed by atoms with E-state index in [1.54, 1.807) is 17.4 Å². The fourth-order valence-electron chi connectivity index (χ4n) is 3.16. The molecule has 0 saturated heterocycles. The number of benzene rings is 1. The van der Waals surface area contributed by atoms with Gasteiger partial charge in [-0.25, -0.2) is 4.98 Å². The first kappa shape index (κ1) is 21.4. The van der Waals surface area contributed by atoms with Crippen molar-refractivity contribution in [3.8, 4) is 0 Å². The first-order valence-electron chi connectivity index (χ1n) is 9.91. The van der Waals surface area contributed by atoms with Gasteiger partial charge in [0.25, 0.3) is 5.69 Å². The molecule has 2 aromatic heterocycles. The van der Waals surface area contributed by atoms with Crippen LogP contribution in [0.15, 0.2) is 18.2 Å². The zero-order valence-electron chi connectivity index (χ0n) is 17.6. The van der Waals surface area contributed by atoms with Crippen molar-refractivity contribution < 1.29 is 14.5 Å². The summed E-state index contributed by atoms with van der Waals surface area (Å²) in [6.07, 6.45) is 2.87. The fourth-order valence-corrected chi connectivity index (χ4v) is 3.16. The van der Waals surface area contributed by atoms with Crippen molar-refractivity contribution in [2.75, 3.05) is 11.9 Å². The van der Waals surface area contributed by atoms with Crippen LogP contribution in [0, 0.1) is 17.0 Å². The number of ether oxygens (including phenoxy) is 1. The summed E-state index contributed by atoms with van der Waals surface area (Å²) in [6, 6.07) is 4.53. The minimum Gasteiger partial charge on any atom is -0.460 e. The lowest BCUT2D eigenvalue weighted by atomic mass is 10.1. The molecule has 0 bridgehead atoms. The number of nitro benzene ring substituents is 1. The van der Waals surface area contributed by atoms with E-state index in [9.17, 15) is 14.9 Å². The fraction of sp³-hybridized carbons (Fsp3) is 0.500. The molecule has 10 nitrogen and oxygen atoms in total. The average Bonchev–Trinajstić information content (AvgIpc) is 3.05. The van der Waals surface area contributed by atoms with Crippen LogP contribution in [0.5, 0.6) is 0 Å². The second kappa shape index (κ2) is 8.60. The van der Waals surface area contributed by atoms with Crippen LogP contribution in [-0.4, -0.2) is 42.6 Å². The van der Waals surface area contributed by atoms with Gasteiger partial charge in [-0.2, -0.15) is 0 Å². The highest BCUT2D eigenvalue weighted by atomic mass is 16.6. The molecule has 2 heterocycles. The van der Waals surface area contributed by atoms with Crippen LogP contribution >= 0.6 is 0 Å². The van der Waals surface area contributed by atoms with E-state index in [4.69, 9.17) is 4.74 Å². The van der Waals surface area contributed by atoms with Gasteiger partial charge in [-0.3, -0.25) is 19.3 Å². The van der Waals surface area contributed by atoms with Crippen molar-refractivity contribution in [3.05, 3.63) is 34.1 Å². The number of carbonyl (C=O) groups is 1. The Hall–Kier alpha value is -3.30. The third-order valence-electron chi connectivity index (χ3n) is 4.45. The number of unbranched alkanes of at least 4 members (excludes halogenated alkanes) is 2. The number of nitrogens with one attached hydrogen (secondary N) is 1. The number of nitro groups is 1. The van der Waals surface area contributed by atoms with E-state index < -0.39 is 10.5 Å². The van der Waals surface area contributed by atoms with Crippen LogP contribution in [0.25, 0.3) is 16.7 Å². The third kappa shape index (κ3) is 5.00. The minimum absolute atomic E-state index is 0.00982. The van der Waals surface area contributed by atoms with Gasteiger partial charge >= 0.3 is 5.97 Å². The molecule has 0 aliphatic carbocycles. The monoisotopic (exact) mass is 414 g/mol. The summed E-state index contributed by atoms with van der Waals surface area (Å²) in [5.74, 6) is 1.02. The van der Waals surface area contributed by atoms with Gasteiger partial charge in [-0.15, -0.1) is 10.2 Å². The number of fused-ring (bicyclic) bond motifs is 3. The Morgan fingerprint density at radius 3 is 2.70 bits per heavy atom. The number of anilines is 1. The van der Waals surface area contributed by atoms with E-state index in [-0.39, 0.29) is 11.7 Å². The Kier molecular flexibility index (Phi) is 6.14. The van der Waals surface area contributed by atoms with E-state index in [2.05, 4.69) is 20.5 Å². The summed E-state index contributed by atoms with van der Waals surface area (Å²) in [7, 11) is 0. The van der Waals surface area contributed by atoms with E-state index in [1.807, 2.05) is 20.8 Å². The normalized spacial score (nSPS) is 11.7. The standard InChI is InChI=1S/C20H26N6O4/c1-13-23-24-19-18(21-11-7-5-6-8-17(27)30-20(2,3)4)22-15-10-9-14(26(28)29)12-16(15)25(13)19/h9-10,12H,5-8,11H2,1-4H3,(H,21,22). The smallest absolute Gasteiger partial charge is 0.306 e. The number of hydrogen-bond acceptors (Lipinski definition) is 8. The van der Waals surface area contributed by atoms with Crippen molar-refractivity contribution in [2.24, 2.45) is 0 Å². The Bertz CT molecular complexity index is 1090. The molecular formula is C20H26N6O4. The molecule has 10 heteroatoms. The molecule has 0 atom stereocenters. The Morgan fingerprint density at radius 1 is 1.23 bits per heavy atom. The van der Waals surface area contributed by atoms with Crippen molar-refractivity contribution >= 4 is 34.2 Å². The SMILES string of the molecule is Cc1nnc2c(NCCCCCC(=O)OC(C)(C)C)nc3ccc([N+](=O)[O-])cc3n12. The number of carbonyl (C=O) groups excluding carboxylic acids is 1. The average molecular weight is 414 g/mol. The molecule has 0 amide bonds. The number of aromatic nitrogens is 4. The molecule has 0 aliphatic rings. The topological polar surface area (TPSA) is 125 Å². The molecule has 0 fully saturated rings. The van der Waals surface area contributed by atoms with Crippen LogP contribution in [-0.2, 0) is 9.53 Å². The third-order valence-corrected chi connectivity index (χ3v) is 4.45. The van der Waals surface area contributed by atoms with Crippen molar-refractivity contribution in [2.45, 2.75) is 59.0 Å². The zero-order chi connectivity index (χ0) is 21.9. The minimum atomic E-state index is -0.456. The van der Waals surface area contributed by atoms with Gasteiger partial charge in [0.2, 0.25) is 5.65 Å². The van der Waals surface area contributed by atoms with Crippen molar-refractivity contribution in [3.63, 3.8) is 0 Å². The summed E-state index contributed by atoms with van der Waals surface area (Å²) in [5.41, 5.74) is 1.26. The quantitative estimate of drug-likeness (QED) is 0.255. The van der Waals surface area contributed by atoms with E-state index >= 15 is 0 Å². The molecule has 0 aliphatic heterocycles. The van der Waals surface area contributed by atoms with Crippen LogP contribution in [0.4, 0.5) is 11.5 Å². The van der Waals surface area contributed by atoms with E-state index in [0.29, 0.717) is 41.3 Å². The van der Waals surface area contributed by atoms with Gasteiger partial charge in [0, 0.05) is 25.1 Å². The molecule has 30 heavy (non-hydrogen) atoms. The summed E-state index contributed by atoms with van der Waals surface area (Å²) in [6.45, 7) is 8.02. The molecule has 1 N–H and O–H groups in total. The second-order valence-electron chi connectivity index (χ2n) is 8.12. The number of esters is 1. The Labute approximate surface area is 173 Å². The molecule has 160 valence electrons. The van der Waals surface area contributed by atoms with Gasteiger partial charge in [-0.1, -0.05) is 6.42 Å². The summed E-state index contributed by atoms with van der Waals surface area (Å²) < 4.78 is 7.07.